The molecule has 21 heavy (non-hydrogen) atoms. The van der Waals surface area contributed by atoms with Crippen molar-refractivity contribution in [2.75, 3.05) is 0 Å². The smallest absolute Gasteiger partial charge is 0.308 e. The summed E-state index contributed by atoms with van der Waals surface area (Å²) in [5.41, 5.74) is 1.12. The zero-order chi connectivity index (χ0) is 14.6. The minimum absolute atomic E-state index is 0.0495. The summed E-state index contributed by atoms with van der Waals surface area (Å²) in [6, 6.07) is 5.47. The van der Waals surface area contributed by atoms with Gasteiger partial charge in [-0.2, -0.15) is 0 Å². The summed E-state index contributed by atoms with van der Waals surface area (Å²) in [4.78, 5) is 30.1. The van der Waals surface area contributed by atoms with E-state index in [2.05, 4.69) is 4.98 Å². The molecule has 3 unspecified atom stereocenters. The molecule has 2 saturated heterocycles. The van der Waals surface area contributed by atoms with Crippen LogP contribution in [0.5, 0.6) is 0 Å². The second kappa shape index (κ2) is 4.31. The zero-order valence-electron chi connectivity index (χ0n) is 11.3. The number of hydrogen-bond donors (Lipinski definition) is 1. The first-order valence-electron chi connectivity index (χ1n) is 7.14. The number of carbonyl (C=O) groups excluding carboxylic acids is 1. The SMILES string of the molecule is O=C(O)C1CC2CCC1N2C(=O)c1cn2ccccc2n1. The first-order chi connectivity index (χ1) is 10.1. The minimum Gasteiger partial charge on any atom is -0.481 e. The van der Waals surface area contributed by atoms with E-state index in [1.807, 2.05) is 24.4 Å². The van der Waals surface area contributed by atoms with Crippen molar-refractivity contribution >= 4 is 17.5 Å². The van der Waals surface area contributed by atoms with E-state index >= 15 is 0 Å². The maximum atomic E-state index is 12.7. The Hall–Kier alpha value is -2.37. The van der Waals surface area contributed by atoms with Gasteiger partial charge in [-0.25, -0.2) is 4.98 Å². The van der Waals surface area contributed by atoms with Gasteiger partial charge in [-0.1, -0.05) is 6.07 Å². The van der Waals surface area contributed by atoms with Crippen molar-refractivity contribution in [1.29, 1.82) is 0 Å². The normalized spacial score (nSPS) is 27.4. The number of pyridine rings is 1. The van der Waals surface area contributed by atoms with Crippen molar-refractivity contribution in [3.8, 4) is 0 Å². The third-order valence-corrected chi connectivity index (χ3v) is 4.67. The van der Waals surface area contributed by atoms with E-state index in [1.54, 1.807) is 15.5 Å². The number of carboxylic acid groups (broad SMARTS) is 1. The molecule has 0 radical (unpaired) electrons. The van der Waals surface area contributed by atoms with Gasteiger partial charge in [0, 0.05) is 24.5 Å². The van der Waals surface area contributed by atoms with E-state index in [-0.39, 0.29) is 18.0 Å². The average Bonchev–Trinajstić information content (AvgIpc) is 3.18. The summed E-state index contributed by atoms with van der Waals surface area (Å²) in [7, 11) is 0. The molecule has 0 saturated carbocycles. The molecule has 1 N–H and O–H groups in total. The first-order valence-corrected chi connectivity index (χ1v) is 7.14. The van der Waals surface area contributed by atoms with Crippen LogP contribution in [-0.4, -0.2) is 43.4 Å². The highest BCUT2D eigenvalue weighted by molar-refractivity contribution is 5.94. The number of aliphatic carboxylic acids is 1. The third kappa shape index (κ3) is 1.75. The highest BCUT2D eigenvalue weighted by Crippen LogP contribution is 2.42. The number of carbonyl (C=O) groups is 2. The number of hydrogen-bond acceptors (Lipinski definition) is 3. The molecule has 4 rings (SSSR count). The van der Waals surface area contributed by atoms with Crippen LogP contribution in [0.2, 0.25) is 0 Å². The lowest BCUT2D eigenvalue weighted by molar-refractivity contribution is -0.142. The van der Waals surface area contributed by atoms with Crippen LogP contribution in [0.1, 0.15) is 29.8 Å². The van der Waals surface area contributed by atoms with Gasteiger partial charge in [0.05, 0.1) is 5.92 Å². The van der Waals surface area contributed by atoms with E-state index in [0.29, 0.717) is 12.1 Å². The quantitative estimate of drug-likeness (QED) is 0.905. The van der Waals surface area contributed by atoms with Crippen LogP contribution in [0.25, 0.3) is 5.65 Å². The van der Waals surface area contributed by atoms with Crippen LogP contribution in [0, 0.1) is 5.92 Å². The fourth-order valence-electron chi connectivity index (χ4n) is 3.74. The van der Waals surface area contributed by atoms with E-state index in [1.165, 1.54) is 0 Å². The van der Waals surface area contributed by atoms with E-state index in [0.717, 1.165) is 18.5 Å². The van der Waals surface area contributed by atoms with Gasteiger partial charge >= 0.3 is 5.97 Å². The Labute approximate surface area is 121 Å². The van der Waals surface area contributed by atoms with E-state index in [4.69, 9.17) is 0 Å². The Morgan fingerprint density at radius 1 is 1.29 bits per heavy atom. The first kappa shape index (κ1) is 12.4. The molecule has 108 valence electrons. The fourth-order valence-corrected chi connectivity index (χ4v) is 3.74. The molecular formula is C15H15N3O3. The molecule has 6 nitrogen and oxygen atoms in total. The summed E-state index contributed by atoms with van der Waals surface area (Å²) in [6.07, 6.45) is 5.80. The predicted octanol–water partition coefficient (Wildman–Crippen LogP) is 1.41. The number of amides is 1. The maximum absolute atomic E-state index is 12.7. The van der Waals surface area contributed by atoms with Crippen molar-refractivity contribution in [3.05, 3.63) is 36.3 Å². The molecule has 2 aromatic heterocycles. The lowest BCUT2D eigenvalue weighted by Gasteiger charge is -2.21. The minimum atomic E-state index is -0.796. The largest absolute Gasteiger partial charge is 0.481 e. The van der Waals surface area contributed by atoms with Gasteiger partial charge in [0.2, 0.25) is 0 Å². The molecule has 4 heterocycles. The molecule has 1 amide bonds. The molecule has 0 aliphatic carbocycles. The van der Waals surface area contributed by atoms with Gasteiger partial charge < -0.3 is 14.4 Å². The second-order valence-electron chi connectivity index (χ2n) is 5.78. The average molecular weight is 285 g/mol. The van der Waals surface area contributed by atoms with Gasteiger partial charge in [-0.3, -0.25) is 9.59 Å². The van der Waals surface area contributed by atoms with Crippen LogP contribution in [0.4, 0.5) is 0 Å². The molecule has 6 heteroatoms. The van der Waals surface area contributed by atoms with E-state index in [9.17, 15) is 14.7 Å². The van der Waals surface area contributed by atoms with Crippen molar-refractivity contribution < 1.29 is 14.7 Å². The molecule has 0 aromatic carbocycles. The van der Waals surface area contributed by atoms with Crippen LogP contribution in [0.3, 0.4) is 0 Å². The van der Waals surface area contributed by atoms with Gasteiger partial charge in [-0.15, -0.1) is 0 Å². The van der Waals surface area contributed by atoms with Crippen LogP contribution in [0.15, 0.2) is 30.6 Å². The zero-order valence-corrected chi connectivity index (χ0v) is 11.3. The Morgan fingerprint density at radius 2 is 2.14 bits per heavy atom. The number of fused-ring (bicyclic) bond motifs is 3. The van der Waals surface area contributed by atoms with Gasteiger partial charge in [0.15, 0.2) is 0 Å². The van der Waals surface area contributed by atoms with E-state index < -0.39 is 11.9 Å². The van der Waals surface area contributed by atoms with Gasteiger partial charge in [0.1, 0.15) is 11.3 Å². The molecule has 2 aliphatic rings. The van der Waals surface area contributed by atoms with Crippen LogP contribution < -0.4 is 0 Å². The Morgan fingerprint density at radius 3 is 2.86 bits per heavy atom. The monoisotopic (exact) mass is 285 g/mol. The summed E-state index contributed by atoms with van der Waals surface area (Å²) in [5, 5.41) is 9.26. The Kier molecular flexibility index (Phi) is 2.54. The fraction of sp³-hybridized carbons (Fsp3) is 0.400. The van der Waals surface area contributed by atoms with Gasteiger partial charge in [0.25, 0.3) is 5.91 Å². The van der Waals surface area contributed by atoms with Crippen molar-refractivity contribution in [2.24, 2.45) is 5.92 Å². The Balaban J connectivity index is 1.67. The molecule has 0 spiro atoms. The lowest BCUT2D eigenvalue weighted by atomic mass is 9.89. The second-order valence-corrected chi connectivity index (χ2v) is 5.78. The highest BCUT2D eigenvalue weighted by atomic mass is 16.4. The number of nitrogens with zero attached hydrogens (tertiary/aromatic N) is 3. The lowest BCUT2D eigenvalue weighted by Crippen LogP contribution is -2.38. The number of aromatic nitrogens is 2. The molecule has 2 fully saturated rings. The number of imidazole rings is 1. The van der Waals surface area contributed by atoms with Crippen LogP contribution in [-0.2, 0) is 4.79 Å². The summed E-state index contributed by atoms with van der Waals surface area (Å²) in [6.45, 7) is 0. The molecular weight excluding hydrogens is 270 g/mol. The third-order valence-electron chi connectivity index (χ3n) is 4.67. The maximum Gasteiger partial charge on any atom is 0.308 e. The molecule has 2 aliphatic heterocycles. The van der Waals surface area contributed by atoms with Gasteiger partial charge in [-0.05, 0) is 31.4 Å². The molecule has 2 bridgehead atoms. The number of rotatable bonds is 2. The number of carboxylic acids is 1. The van der Waals surface area contributed by atoms with Crippen molar-refractivity contribution in [1.82, 2.24) is 14.3 Å². The van der Waals surface area contributed by atoms with Crippen LogP contribution >= 0.6 is 0 Å². The molecule has 2 aromatic rings. The summed E-state index contributed by atoms with van der Waals surface area (Å²) < 4.78 is 1.81. The predicted molar refractivity (Wildman–Crippen MR) is 73.9 cm³/mol. The van der Waals surface area contributed by atoms with Crippen molar-refractivity contribution in [3.63, 3.8) is 0 Å². The topological polar surface area (TPSA) is 74.9 Å². The summed E-state index contributed by atoms with van der Waals surface area (Å²) in [5.74, 6) is -1.37. The standard InChI is InChI=1S/C15H15N3O3/c19-14(11-8-17-6-2-1-3-13(17)16-11)18-9-4-5-12(18)10(7-9)15(20)21/h1-3,6,8-10,12H,4-5,7H2,(H,20,21). The van der Waals surface area contributed by atoms with Crippen molar-refractivity contribution in [2.45, 2.75) is 31.3 Å². The highest BCUT2D eigenvalue weighted by Gasteiger charge is 2.51. The Bertz CT molecular complexity index is 706. The molecule has 3 atom stereocenters. The summed E-state index contributed by atoms with van der Waals surface area (Å²) >= 11 is 0.